The Bertz CT molecular complexity index is 555. The first-order valence-corrected chi connectivity index (χ1v) is 6.33. The molecule has 0 saturated heterocycles. The predicted octanol–water partition coefficient (Wildman–Crippen LogP) is 1.27. The number of rotatable bonds is 6. The molecule has 7 heteroatoms. The fraction of sp³-hybridized carbons (Fsp3) is 0.286. The Morgan fingerprint density at radius 3 is 2.76 bits per heavy atom. The second-order valence-electron chi connectivity index (χ2n) is 4.36. The van der Waals surface area contributed by atoms with Crippen LogP contribution >= 0.6 is 12.4 Å². The van der Waals surface area contributed by atoms with E-state index in [1.54, 1.807) is 17.1 Å². The molecule has 0 spiro atoms. The molecule has 1 aromatic carbocycles. The molecule has 0 saturated carbocycles. The summed E-state index contributed by atoms with van der Waals surface area (Å²) in [5.74, 6) is -0.269. The minimum Gasteiger partial charge on any atom is -0.370 e. The van der Waals surface area contributed by atoms with Crippen LogP contribution in [0, 0.1) is 0 Å². The van der Waals surface area contributed by atoms with E-state index in [0.717, 1.165) is 5.56 Å². The number of hydrogen-bond acceptors (Lipinski definition) is 4. The Hall–Kier alpha value is -1.89. The number of hydrogen-bond donors (Lipinski definition) is 2. The summed E-state index contributed by atoms with van der Waals surface area (Å²) < 4.78 is 6.73. The van der Waals surface area contributed by atoms with Crippen LogP contribution in [-0.4, -0.2) is 35.4 Å². The monoisotopic (exact) mass is 310 g/mol. The lowest BCUT2D eigenvalue weighted by atomic mass is 10.2. The summed E-state index contributed by atoms with van der Waals surface area (Å²) in [6.07, 6.45) is 2.73. The standard InChI is InChI=1S/C14H18N4O2.ClH/c1-20-13(7-15)14(19)17-12-8-16-18(10-12)9-11-5-3-2-4-6-11;/h2-6,8,10,13H,7,9,15H2,1H3,(H,17,19);1H. The first-order valence-electron chi connectivity index (χ1n) is 6.33. The fourth-order valence-electron chi connectivity index (χ4n) is 1.82. The van der Waals surface area contributed by atoms with Gasteiger partial charge in [-0.25, -0.2) is 0 Å². The number of carbonyl (C=O) groups excluding carboxylic acids is 1. The molecular formula is C14H19ClN4O2. The number of aromatic nitrogens is 2. The highest BCUT2D eigenvalue weighted by Gasteiger charge is 2.16. The molecule has 0 bridgehead atoms. The predicted molar refractivity (Wildman–Crippen MR) is 83.5 cm³/mol. The second kappa shape index (κ2) is 8.41. The molecule has 2 aromatic rings. The van der Waals surface area contributed by atoms with Crippen LogP contribution in [0.4, 0.5) is 5.69 Å². The quantitative estimate of drug-likeness (QED) is 0.841. The highest BCUT2D eigenvalue weighted by Crippen LogP contribution is 2.08. The summed E-state index contributed by atoms with van der Waals surface area (Å²) in [6.45, 7) is 0.793. The average Bonchev–Trinajstić information content (AvgIpc) is 2.88. The third kappa shape index (κ3) is 4.86. The topological polar surface area (TPSA) is 82.2 Å². The van der Waals surface area contributed by atoms with Gasteiger partial charge in [-0.15, -0.1) is 12.4 Å². The lowest BCUT2D eigenvalue weighted by molar-refractivity contribution is -0.125. The maximum atomic E-state index is 11.8. The molecule has 1 atom stereocenters. The lowest BCUT2D eigenvalue weighted by Crippen LogP contribution is -2.35. The van der Waals surface area contributed by atoms with Crippen molar-refractivity contribution in [3.05, 3.63) is 48.3 Å². The van der Waals surface area contributed by atoms with Gasteiger partial charge in [-0.05, 0) is 5.56 Å². The van der Waals surface area contributed by atoms with E-state index < -0.39 is 6.10 Å². The number of carbonyl (C=O) groups is 1. The molecule has 1 amide bonds. The highest BCUT2D eigenvalue weighted by molar-refractivity contribution is 5.94. The molecule has 1 aromatic heterocycles. The molecule has 1 heterocycles. The Morgan fingerprint density at radius 1 is 1.43 bits per heavy atom. The van der Waals surface area contributed by atoms with Gasteiger partial charge in [-0.2, -0.15) is 5.10 Å². The minimum atomic E-state index is -0.646. The summed E-state index contributed by atoms with van der Waals surface area (Å²) in [7, 11) is 1.45. The minimum absolute atomic E-state index is 0. The molecular weight excluding hydrogens is 292 g/mol. The van der Waals surface area contributed by atoms with Gasteiger partial charge in [0, 0.05) is 19.9 Å². The first kappa shape index (κ1) is 17.2. The fourth-order valence-corrected chi connectivity index (χ4v) is 1.82. The van der Waals surface area contributed by atoms with Crippen molar-refractivity contribution in [3.8, 4) is 0 Å². The zero-order valence-corrected chi connectivity index (χ0v) is 12.5. The van der Waals surface area contributed by atoms with E-state index in [0.29, 0.717) is 12.2 Å². The van der Waals surface area contributed by atoms with Crippen molar-refractivity contribution in [1.29, 1.82) is 0 Å². The SMILES string of the molecule is COC(CN)C(=O)Nc1cnn(Cc2ccccc2)c1.Cl. The van der Waals surface area contributed by atoms with Crippen molar-refractivity contribution >= 4 is 24.0 Å². The number of nitrogens with zero attached hydrogens (tertiary/aromatic N) is 2. The van der Waals surface area contributed by atoms with Gasteiger partial charge in [0.15, 0.2) is 0 Å². The van der Waals surface area contributed by atoms with Crippen LogP contribution in [0.15, 0.2) is 42.7 Å². The van der Waals surface area contributed by atoms with Crippen LogP contribution in [0.3, 0.4) is 0 Å². The Kier molecular flexibility index (Phi) is 6.87. The van der Waals surface area contributed by atoms with Crippen LogP contribution in [-0.2, 0) is 16.1 Å². The summed E-state index contributed by atoms with van der Waals surface area (Å²) in [4.78, 5) is 11.8. The summed E-state index contributed by atoms with van der Waals surface area (Å²) in [5, 5.41) is 6.93. The lowest BCUT2D eigenvalue weighted by Gasteiger charge is -2.11. The van der Waals surface area contributed by atoms with Crippen molar-refractivity contribution < 1.29 is 9.53 Å². The van der Waals surface area contributed by atoms with Crippen molar-refractivity contribution in [2.45, 2.75) is 12.6 Å². The number of amides is 1. The zero-order chi connectivity index (χ0) is 14.4. The smallest absolute Gasteiger partial charge is 0.254 e. The molecule has 114 valence electrons. The maximum Gasteiger partial charge on any atom is 0.254 e. The Morgan fingerprint density at radius 2 is 2.14 bits per heavy atom. The summed E-state index contributed by atoms with van der Waals surface area (Å²) >= 11 is 0. The molecule has 0 aliphatic heterocycles. The van der Waals surface area contributed by atoms with Crippen LogP contribution in [0.1, 0.15) is 5.56 Å². The van der Waals surface area contributed by atoms with E-state index >= 15 is 0 Å². The number of methoxy groups -OCH3 is 1. The number of benzene rings is 1. The van der Waals surface area contributed by atoms with Crippen LogP contribution in [0.25, 0.3) is 0 Å². The number of ether oxygens (including phenoxy) is 1. The second-order valence-corrected chi connectivity index (χ2v) is 4.36. The van der Waals surface area contributed by atoms with E-state index in [1.807, 2.05) is 30.3 Å². The Labute approximate surface area is 129 Å². The molecule has 6 nitrogen and oxygen atoms in total. The van der Waals surface area contributed by atoms with Crippen molar-refractivity contribution in [3.63, 3.8) is 0 Å². The van der Waals surface area contributed by atoms with Gasteiger partial charge in [0.1, 0.15) is 6.10 Å². The van der Waals surface area contributed by atoms with E-state index in [4.69, 9.17) is 10.5 Å². The maximum absolute atomic E-state index is 11.8. The van der Waals surface area contributed by atoms with Gasteiger partial charge < -0.3 is 15.8 Å². The molecule has 0 aliphatic rings. The summed E-state index contributed by atoms with van der Waals surface area (Å²) in [6, 6.07) is 9.97. The van der Waals surface area contributed by atoms with Crippen LogP contribution in [0.5, 0.6) is 0 Å². The molecule has 0 radical (unpaired) electrons. The largest absolute Gasteiger partial charge is 0.370 e. The van der Waals surface area contributed by atoms with Gasteiger partial charge in [-0.1, -0.05) is 30.3 Å². The molecule has 0 fully saturated rings. The summed E-state index contributed by atoms with van der Waals surface area (Å²) in [5.41, 5.74) is 7.21. The van der Waals surface area contributed by atoms with Gasteiger partial charge >= 0.3 is 0 Å². The van der Waals surface area contributed by atoms with E-state index in [1.165, 1.54) is 7.11 Å². The first-order chi connectivity index (χ1) is 9.72. The van der Waals surface area contributed by atoms with Gasteiger partial charge in [0.05, 0.1) is 18.4 Å². The number of anilines is 1. The van der Waals surface area contributed by atoms with Crippen LogP contribution < -0.4 is 11.1 Å². The van der Waals surface area contributed by atoms with E-state index in [-0.39, 0.29) is 24.9 Å². The number of nitrogens with one attached hydrogen (secondary N) is 1. The zero-order valence-electron chi connectivity index (χ0n) is 11.7. The number of nitrogens with two attached hydrogens (primary N) is 1. The molecule has 3 N–H and O–H groups in total. The molecule has 21 heavy (non-hydrogen) atoms. The molecule has 2 rings (SSSR count). The van der Waals surface area contributed by atoms with Gasteiger partial charge in [-0.3, -0.25) is 9.48 Å². The van der Waals surface area contributed by atoms with Crippen molar-refractivity contribution in [1.82, 2.24) is 9.78 Å². The van der Waals surface area contributed by atoms with Crippen molar-refractivity contribution in [2.24, 2.45) is 5.73 Å². The van der Waals surface area contributed by atoms with Gasteiger partial charge in [0.2, 0.25) is 0 Å². The Balaban J connectivity index is 0.00000220. The van der Waals surface area contributed by atoms with E-state index in [9.17, 15) is 4.79 Å². The molecule has 1 unspecified atom stereocenters. The molecule has 0 aliphatic carbocycles. The highest BCUT2D eigenvalue weighted by atomic mass is 35.5. The van der Waals surface area contributed by atoms with Crippen LogP contribution in [0.2, 0.25) is 0 Å². The van der Waals surface area contributed by atoms with Gasteiger partial charge in [0.25, 0.3) is 5.91 Å². The van der Waals surface area contributed by atoms with E-state index in [2.05, 4.69) is 10.4 Å². The third-order valence-electron chi connectivity index (χ3n) is 2.88. The number of halogens is 1. The van der Waals surface area contributed by atoms with Crippen molar-refractivity contribution in [2.75, 3.05) is 19.0 Å². The third-order valence-corrected chi connectivity index (χ3v) is 2.88. The average molecular weight is 311 g/mol. The normalized spacial score (nSPS) is 11.5.